The molecule has 37 heavy (non-hydrogen) atoms. The van der Waals surface area contributed by atoms with E-state index in [9.17, 15) is 30.8 Å². The van der Waals surface area contributed by atoms with E-state index in [2.05, 4.69) is 17.0 Å². The van der Waals surface area contributed by atoms with E-state index in [1.165, 1.54) is 37.3 Å². The fourth-order valence-electron chi connectivity index (χ4n) is 3.65. The number of nitrogens with zero attached hydrogens (tertiary/aromatic N) is 2. The number of hydrogen-bond donors (Lipinski definition) is 1. The Balaban J connectivity index is 2.16. The molecule has 11 heteroatoms. The third kappa shape index (κ3) is 6.94. The maximum absolute atomic E-state index is 14.4. The fraction of sp³-hybridized carbons (Fsp3) is 0.231. The number of amides is 1. The predicted molar refractivity (Wildman–Crippen MR) is 134 cm³/mol. The number of carbonyl (C=O) groups is 1. The summed E-state index contributed by atoms with van der Waals surface area (Å²) in [7, 11) is -3.54. The predicted octanol–water partition coefficient (Wildman–Crippen LogP) is 5.93. The first-order valence-electron chi connectivity index (χ1n) is 11.1. The Hall–Kier alpha value is -3.73. The van der Waals surface area contributed by atoms with Crippen molar-refractivity contribution in [1.82, 2.24) is 9.78 Å². The molecule has 1 heterocycles. The normalized spacial score (nSPS) is 13.3. The van der Waals surface area contributed by atoms with Gasteiger partial charge in [0.25, 0.3) is 0 Å². The third-order valence-electron chi connectivity index (χ3n) is 5.43. The second-order valence-corrected chi connectivity index (χ2v) is 10.3. The maximum atomic E-state index is 14.4. The highest BCUT2D eigenvalue weighted by Gasteiger charge is 2.41. The van der Waals surface area contributed by atoms with E-state index < -0.39 is 40.3 Å². The van der Waals surface area contributed by atoms with Crippen molar-refractivity contribution in [2.45, 2.75) is 37.1 Å². The van der Waals surface area contributed by atoms with Crippen LogP contribution in [-0.4, -0.2) is 36.5 Å². The van der Waals surface area contributed by atoms with Crippen LogP contribution in [0.2, 0.25) is 0 Å². The molecule has 3 aromatic rings. The average Bonchev–Trinajstić information content (AvgIpc) is 3.22. The number of anilines is 1. The van der Waals surface area contributed by atoms with E-state index in [1.54, 1.807) is 30.3 Å². The van der Waals surface area contributed by atoms with Crippen LogP contribution in [0.15, 0.2) is 78.2 Å². The number of para-hydroxylation sites is 1. The monoisotopic (exact) mass is 535 g/mol. The summed E-state index contributed by atoms with van der Waals surface area (Å²) in [6.45, 7) is 3.99. The van der Waals surface area contributed by atoms with Crippen molar-refractivity contribution in [3.05, 3.63) is 84.6 Å². The van der Waals surface area contributed by atoms with E-state index in [0.29, 0.717) is 10.4 Å². The summed E-state index contributed by atoms with van der Waals surface area (Å²) in [6.07, 6.45) is -3.23. The lowest BCUT2D eigenvalue weighted by atomic mass is 9.98. The molecule has 6 nitrogen and oxygen atoms in total. The summed E-state index contributed by atoms with van der Waals surface area (Å²) < 4.78 is 81.1. The number of carbonyl (C=O) groups excluding carboxylic acids is 1. The Morgan fingerprint density at radius 3 is 2.30 bits per heavy atom. The van der Waals surface area contributed by atoms with Gasteiger partial charge in [-0.2, -0.15) is 18.3 Å². The molecule has 1 amide bonds. The van der Waals surface area contributed by atoms with Gasteiger partial charge in [-0.05, 0) is 36.8 Å². The molecule has 0 bridgehead atoms. The van der Waals surface area contributed by atoms with E-state index in [0.717, 1.165) is 12.3 Å². The minimum atomic E-state index is -4.91. The third-order valence-corrected chi connectivity index (χ3v) is 6.56. The van der Waals surface area contributed by atoms with Gasteiger partial charge in [-0.1, -0.05) is 42.5 Å². The number of hydrogen-bond acceptors (Lipinski definition) is 4. The van der Waals surface area contributed by atoms with Crippen LogP contribution in [-0.2, 0) is 27.4 Å². The van der Waals surface area contributed by atoms with E-state index in [1.807, 2.05) is 0 Å². The molecule has 1 atom stereocenters. The summed E-state index contributed by atoms with van der Waals surface area (Å²) in [4.78, 5) is 12.6. The first kappa shape index (κ1) is 27.9. The molecular weight excluding hydrogens is 510 g/mol. The summed E-state index contributed by atoms with van der Waals surface area (Å²) in [6, 6.07) is 13.4. The number of nitrogens with one attached hydrogen (secondary N) is 1. The molecule has 0 saturated carbocycles. The van der Waals surface area contributed by atoms with Crippen LogP contribution >= 0.6 is 0 Å². The lowest BCUT2D eigenvalue weighted by Gasteiger charge is -2.14. The maximum Gasteiger partial charge on any atom is 0.433 e. The number of aromatic nitrogens is 2. The van der Waals surface area contributed by atoms with Crippen LogP contribution in [0.1, 0.15) is 24.6 Å². The van der Waals surface area contributed by atoms with Gasteiger partial charge in [-0.3, -0.25) is 4.79 Å². The van der Waals surface area contributed by atoms with Crippen molar-refractivity contribution in [3.63, 3.8) is 0 Å². The Labute approximate surface area is 212 Å². The zero-order valence-corrected chi connectivity index (χ0v) is 20.9. The first-order chi connectivity index (χ1) is 17.3. The number of benzene rings is 2. The van der Waals surface area contributed by atoms with Gasteiger partial charge in [-0.15, -0.1) is 6.58 Å². The number of allylic oxidation sites excluding steroid dienone is 3. The molecule has 0 radical (unpaired) electrons. The van der Waals surface area contributed by atoms with Crippen molar-refractivity contribution in [2.24, 2.45) is 0 Å². The Morgan fingerprint density at radius 2 is 1.76 bits per heavy atom. The van der Waals surface area contributed by atoms with Crippen LogP contribution in [0.4, 0.5) is 23.2 Å². The molecule has 0 aliphatic heterocycles. The van der Waals surface area contributed by atoms with Gasteiger partial charge in [0.05, 0.1) is 4.90 Å². The van der Waals surface area contributed by atoms with Gasteiger partial charge in [0.15, 0.2) is 15.5 Å². The molecule has 0 aliphatic rings. The second kappa shape index (κ2) is 11.1. The summed E-state index contributed by atoms with van der Waals surface area (Å²) in [5, 5.41) is 6.65. The zero-order chi connectivity index (χ0) is 27.4. The van der Waals surface area contributed by atoms with Gasteiger partial charge < -0.3 is 5.32 Å². The number of halogens is 4. The van der Waals surface area contributed by atoms with Crippen molar-refractivity contribution >= 4 is 27.0 Å². The van der Waals surface area contributed by atoms with E-state index in [4.69, 9.17) is 0 Å². The lowest BCUT2D eigenvalue weighted by molar-refractivity contribution is -0.144. The van der Waals surface area contributed by atoms with Gasteiger partial charge in [0.1, 0.15) is 18.4 Å². The molecule has 2 aromatic carbocycles. The molecule has 1 aromatic heterocycles. The SMILES string of the molecule is C=CC(F)C/C=C(\C)c1c(-c2ccc(S(C)(=O)=O)cc2)nn(CC(=O)Nc2ccccc2)c1C(F)(F)F. The van der Waals surface area contributed by atoms with Crippen molar-refractivity contribution in [1.29, 1.82) is 0 Å². The minimum absolute atomic E-state index is 0.0194. The van der Waals surface area contributed by atoms with E-state index in [-0.39, 0.29) is 33.7 Å². The summed E-state index contributed by atoms with van der Waals surface area (Å²) >= 11 is 0. The molecular formula is C26H25F4N3O3S. The van der Waals surface area contributed by atoms with E-state index >= 15 is 0 Å². The molecule has 0 fully saturated rings. The van der Waals surface area contributed by atoms with Gasteiger partial charge >= 0.3 is 6.18 Å². The van der Waals surface area contributed by atoms with Crippen LogP contribution in [0.25, 0.3) is 16.8 Å². The highest BCUT2D eigenvalue weighted by molar-refractivity contribution is 7.90. The zero-order valence-electron chi connectivity index (χ0n) is 20.1. The van der Waals surface area contributed by atoms with Crippen molar-refractivity contribution in [2.75, 3.05) is 11.6 Å². The fourth-order valence-corrected chi connectivity index (χ4v) is 4.28. The van der Waals surface area contributed by atoms with Gasteiger partial charge in [0.2, 0.25) is 5.91 Å². The van der Waals surface area contributed by atoms with Crippen molar-refractivity contribution < 1.29 is 30.8 Å². The molecule has 196 valence electrons. The molecule has 0 saturated heterocycles. The van der Waals surface area contributed by atoms with Gasteiger partial charge in [-0.25, -0.2) is 17.5 Å². The molecule has 0 aliphatic carbocycles. The van der Waals surface area contributed by atoms with Crippen LogP contribution < -0.4 is 5.32 Å². The van der Waals surface area contributed by atoms with Crippen molar-refractivity contribution in [3.8, 4) is 11.3 Å². The topological polar surface area (TPSA) is 81.1 Å². The highest BCUT2D eigenvalue weighted by atomic mass is 32.2. The largest absolute Gasteiger partial charge is 0.433 e. The minimum Gasteiger partial charge on any atom is -0.324 e. The first-order valence-corrected chi connectivity index (χ1v) is 13.0. The van der Waals surface area contributed by atoms with Crippen LogP contribution in [0.3, 0.4) is 0 Å². The average molecular weight is 536 g/mol. The summed E-state index contributed by atoms with van der Waals surface area (Å²) in [5.41, 5.74) is -0.941. The van der Waals surface area contributed by atoms with Crippen LogP contribution in [0.5, 0.6) is 0 Å². The Bertz CT molecular complexity index is 1410. The molecule has 0 spiro atoms. The second-order valence-electron chi connectivity index (χ2n) is 8.31. The Morgan fingerprint density at radius 1 is 1.14 bits per heavy atom. The molecule has 1 unspecified atom stereocenters. The molecule has 3 rings (SSSR count). The standard InChI is InChI=1S/C26H25F4N3O3S/c1-4-19(27)13-10-17(2)23-24(18-11-14-21(15-12-18)37(3,35)36)32-33(25(23)26(28,29)30)16-22(34)31-20-8-6-5-7-9-20/h4-12,14-15,19H,1,13,16H2,2-3H3,(H,31,34)/b17-10+. The number of alkyl halides is 4. The highest BCUT2D eigenvalue weighted by Crippen LogP contribution is 2.40. The van der Waals surface area contributed by atoms with Gasteiger partial charge in [0, 0.05) is 29.5 Å². The van der Waals surface area contributed by atoms with Crippen LogP contribution in [0, 0.1) is 0 Å². The smallest absolute Gasteiger partial charge is 0.324 e. The molecule has 1 N–H and O–H groups in total. The lowest BCUT2D eigenvalue weighted by Crippen LogP contribution is -2.24. The summed E-state index contributed by atoms with van der Waals surface area (Å²) in [5.74, 6) is -0.734. The quantitative estimate of drug-likeness (QED) is 0.272. The Kier molecular flexibility index (Phi) is 8.37. The number of rotatable bonds is 9. The number of sulfone groups is 1.